The molecular weight excluding hydrogens is 218 g/mol. The van der Waals surface area contributed by atoms with Gasteiger partial charge in [0.2, 0.25) is 11.8 Å². The maximum atomic E-state index is 11.5. The van der Waals surface area contributed by atoms with Crippen molar-refractivity contribution >= 4 is 11.8 Å². The van der Waals surface area contributed by atoms with Crippen molar-refractivity contribution in [3.8, 4) is 0 Å². The van der Waals surface area contributed by atoms with E-state index in [1.54, 1.807) is 13.8 Å². The van der Waals surface area contributed by atoms with E-state index in [-0.39, 0.29) is 5.91 Å². The highest BCUT2D eigenvalue weighted by atomic mass is 16.2. The second kappa shape index (κ2) is 6.85. The number of amides is 2. The fraction of sp³-hybridized carbons (Fsp3) is 0.500. The third-order valence-corrected chi connectivity index (χ3v) is 2.28. The minimum atomic E-state index is -0.527. The summed E-state index contributed by atoms with van der Waals surface area (Å²) in [6.07, 6.45) is 0.556. The molecule has 0 unspecified atom stereocenters. The Balaban J connectivity index is 4.87. The highest BCUT2D eigenvalue weighted by Gasteiger charge is 2.11. The zero-order valence-corrected chi connectivity index (χ0v) is 11.0. The van der Waals surface area contributed by atoms with Gasteiger partial charge >= 0.3 is 0 Å². The molecule has 0 spiro atoms. The zero-order valence-electron chi connectivity index (χ0n) is 11.0. The minimum absolute atomic E-state index is 0.292. The monoisotopic (exact) mass is 239 g/mol. The smallest absolute Gasteiger partial charge is 0.250 e. The molecule has 0 radical (unpaired) electrons. The molecule has 0 saturated carbocycles. The quantitative estimate of drug-likeness (QED) is 0.658. The number of primary amides is 1. The number of rotatable bonds is 6. The number of carbonyl (C=O) groups excluding carboxylic acids is 2. The summed E-state index contributed by atoms with van der Waals surface area (Å²) in [7, 11) is 3.83. The molecule has 5 nitrogen and oxygen atoms in total. The summed E-state index contributed by atoms with van der Waals surface area (Å²) in [6, 6.07) is 0. The largest absolute Gasteiger partial charge is 0.366 e. The van der Waals surface area contributed by atoms with E-state index in [0.29, 0.717) is 23.3 Å². The van der Waals surface area contributed by atoms with Gasteiger partial charge in [0, 0.05) is 29.8 Å². The van der Waals surface area contributed by atoms with Crippen molar-refractivity contribution in [1.29, 1.82) is 0 Å². The van der Waals surface area contributed by atoms with Crippen LogP contribution in [0.4, 0.5) is 0 Å². The van der Waals surface area contributed by atoms with Crippen molar-refractivity contribution in [3.05, 3.63) is 23.4 Å². The topological polar surface area (TPSA) is 75.4 Å². The summed E-state index contributed by atoms with van der Waals surface area (Å²) in [5, 5.41) is 2.67. The van der Waals surface area contributed by atoms with Gasteiger partial charge < -0.3 is 16.0 Å². The first kappa shape index (κ1) is 15.4. The second-order valence-corrected chi connectivity index (χ2v) is 4.26. The molecule has 17 heavy (non-hydrogen) atoms. The molecular formula is C12H21N3O2. The van der Waals surface area contributed by atoms with Crippen LogP contribution in [0.25, 0.3) is 0 Å². The number of carbonyl (C=O) groups is 2. The number of nitrogens with zero attached hydrogens (tertiary/aromatic N) is 1. The van der Waals surface area contributed by atoms with Crippen LogP contribution in [0.15, 0.2) is 23.4 Å². The Kier molecular flexibility index (Phi) is 6.20. The minimum Gasteiger partial charge on any atom is -0.366 e. The molecule has 0 aliphatic carbocycles. The van der Waals surface area contributed by atoms with Gasteiger partial charge in [0.25, 0.3) is 0 Å². The van der Waals surface area contributed by atoms with E-state index >= 15 is 0 Å². The molecule has 0 aromatic carbocycles. The average Bonchev–Trinajstić information content (AvgIpc) is 2.22. The van der Waals surface area contributed by atoms with Crippen LogP contribution >= 0.6 is 0 Å². The Morgan fingerprint density at radius 2 is 1.82 bits per heavy atom. The fourth-order valence-electron chi connectivity index (χ4n) is 1.07. The van der Waals surface area contributed by atoms with E-state index in [9.17, 15) is 9.59 Å². The summed E-state index contributed by atoms with van der Waals surface area (Å²) in [4.78, 5) is 24.6. The maximum absolute atomic E-state index is 11.5. The molecule has 3 N–H and O–H groups in total. The molecule has 0 heterocycles. The number of nitrogens with two attached hydrogens (primary N) is 1. The van der Waals surface area contributed by atoms with E-state index in [1.165, 1.54) is 0 Å². The summed E-state index contributed by atoms with van der Waals surface area (Å²) in [5.74, 6) is -0.819. The molecule has 0 atom stereocenters. The van der Waals surface area contributed by atoms with Crippen molar-refractivity contribution in [1.82, 2.24) is 10.2 Å². The zero-order chi connectivity index (χ0) is 13.6. The lowest BCUT2D eigenvalue weighted by Crippen LogP contribution is -2.29. The van der Waals surface area contributed by atoms with E-state index in [4.69, 9.17) is 5.73 Å². The SMILES string of the molecule is C=C(C)C(=O)NC(CCN(C)C)=C(C)C(N)=O. The van der Waals surface area contributed by atoms with Crippen LogP contribution in [-0.2, 0) is 9.59 Å². The van der Waals surface area contributed by atoms with E-state index in [2.05, 4.69) is 11.9 Å². The predicted molar refractivity (Wildman–Crippen MR) is 68.0 cm³/mol. The van der Waals surface area contributed by atoms with Gasteiger partial charge in [0.05, 0.1) is 0 Å². The van der Waals surface area contributed by atoms with E-state index in [1.807, 2.05) is 19.0 Å². The van der Waals surface area contributed by atoms with Gasteiger partial charge in [0.15, 0.2) is 0 Å². The van der Waals surface area contributed by atoms with Crippen LogP contribution in [0.2, 0.25) is 0 Å². The number of hydrogen-bond acceptors (Lipinski definition) is 3. The van der Waals surface area contributed by atoms with E-state index in [0.717, 1.165) is 6.54 Å². The van der Waals surface area contributed by atoms with Crippen molar-refractivity contribution in [2.24, 2.45) is 5.73 Å². The highest BCUT2D eigenvalue weighted by Crippen LogP contribution is 2.07. The van der Waals surface area contributed by atoms with Crippen LogP contribution in [-0.4, -0.2) is 37.4 Å². The van der Waals surface area contributed by atoms with Crippen molar-refractivity contribution < 1.29 is 9.59 Å². The molecule has 5 heteroatoms. The Morgan fingerprint density at radius 3 is 2.18 bits per heavy atom. The molecule has 0 rings (SSSR count). The predicted octanol–water partition coefficient (Wildman–Crippen LogP) is 0.390. The first-order valence-corrected chi connectivity index (χ1v) is 5.36. The Bertz CT molecular complexity index is 357. The number of nitrogens with one attached hydrogen (secondary N) is 1. The molecule has 0 fully saturated rings. The lowest BCUT2D eigenvalue weighted by Gasteiger charge is -2.15. The molecule has 0 bridgehead atoms. The van der Waals surface area contributed by atoms with Crippen molar-refractivity contribution in [3.63, 3.8) is 0 Å². The number of hydrogen-bond donors (Lipinski definition) is 2. The normalized spacial score (nSPS) is 12.1. The van der Waals surface area contributed by atoms with Crippen LogP contribution in [0.1, 0.15) is 20.3 Å². The third-order valence-electron chi connectivity index (χ3n) is 2.28. The fourth-order valence-corrected chi connectivity index (χ4v) is 1.07. The maximum Gasteiger partial charge on any atom is 0.250 e. The molecule has 0 aliphatic rings. The van der Waals surface area contributed by atoms with Crippen LogP contribution in [0.3, 0.4) is 0 Å². The van der Waals surface area contributed by atoms with Gasteiger partial charge in [-0.15, -0.1) is 0 Å². The van der Waals surface area contributed by atoms with Gasteiger partial charge in [-0.2, -0.15) is 0 Å². The van der Waals surface area contributed by atoms with Gasteiger partial charge in [-0.25, -0.2) is 0 Å². The molecule has 0 saturated heterocycles. The van der Waals surface area contributed by atoms with Crippen molar-refractivity contribution in [2.45, 2.75) is 20.3 Å². The molecule has 0 aliphatic heterocycles. The summed E-state index contributed by atoms with van der Waals surface area (Å²) < 4.78 is 0. The van der Waals surface area contributed by atoms with Crippen LogP contribution in [0.5, 0.6) is 0 Å². The lowest BCUT2D eigenvalue weighted by atomic mass is 10.1. The Labute approximate surface area is 102 Å². The van der Waals surface area contributed by atoms with Gasteiger partial charge in [0.1, 0.15) is 0 Å². The van der Waals surface area contributed by atoms with Gasteiger partial charge in [-0.1, -0.05) is 6.58 Å². The average molecular weight is 239 g/mol. The third kappa shape index (κ3) is 5.87. The Morgan fingerprint density at radius 1 is 1.29 bits per heavy atom. The molecule has 0 aromatic rings. The van der Waals surface area contributed by atoms with Crippen LogP contribution < -0.4 is 11.1 Å². The lowest BCUT2D eigenvalue weighted by molar-refractivity contribution is -0.116. The van der Waals surface area contributed by atoms with Crippen LogP contribution in [0, 0.1) is 0 Å². The summed E-state index contributed by atoms with van der Waals surface area (Å²) in [5.41, 5.74) is 6.54. The summed E-state index contributed by atoms with van der Waals surface area (Å²) in [6.45, 7) is 7.48. The van der Waals surface area contributed by atoms with Gasteiger partial charge in [-0.3, -0.25) is 9.59 Å². The second-order valence-electron chi connectivity index (χ2n) is 4.26. The van der Waals surface area contributed by atoms with Crippen molar-refractivity contribution in [2.75, 3.05) is 20.6 Å². The van der Waals surface area contributed by atoms with E-state index < -0.39 is 5.91 Å². The summed E-state index contributed by atoms with van der Waals surface area (Å²) >= 11 is 0. The highest BCUT2D eigenvalue weighted by molar-refractivity contribution is 5.96. The first-order valence-electron chi connectivity index (χ1n) is 5.36. The molecule has 2 amide bonds. The molecule has 0 aromatic heterocycles. The molecule has 96 valence electrons. The standard InChI is InChI=1S/C12H21N3O2/c1-8(2)12(17)14-10(6-7-15(4)5)9(3)11(13)16/h1,6-7H2,2-5H3,(H2,13,16)(H,14,17). The first-order chi connectivity index (χ1) is 7.75. The van der Waals surface area contributed by atoms with Gasteiger partial charge in [-0.05, 0) is 27.9 Å². The Hall–Kier alpha value is -1.62.